The van der Waals surface area contributed by atoms with Gasteiger partial charge in [0.2, 0.25) is 0 Å². The lowest BCUT2D eigenvalue weighted by Crippen LogP contribution is -2.02. The highest BCUT2D eigenvalue weighted by atomic mass is 35.5. The Morgan fingerprint density at radius 1 is 1.40 bits per heavy atom. The van der Waals surface area contributed by atoms with Gasteiger partial charge in [-0.15, -0.1) is 0 Å². The molecule has 0 saturated heterocycles. The molecule has 2 N–H and O–H groups in total. The summed E-state index contributed by atoms with van der Waals surface area (Å²) in [4.78, 5) is 0. The van der Waals surface area contributed by atoms with Crippen LogP contribution < -0.4 is 5.73 Å². The number of nitrogen functional groups attached to an aromatic ring is 1. The van der Waals surface area contributed by atoms with E-state index >= 15 is 0 Å². The Morgan fingerprint density at radius 2 is 2.13 bits per heavy atom. The van der Waals surface area contributed by atoms with E-state index in [2.05, 4.69) is 5.10 Å². The van der Waals surface area contributed by atoms with Gasteiger partial charge in [-0.05, 0) is 18.6 Å². The molecule has 0 aliphatic heterocycles. The van der Waals surface area contributed by atoms with Gasteiger partial charge in [0, 0.05) is 6.07 Å². The largest absolute Gasteiger partial charge is 0.384 e. The fourth-order valence-corrected chi connectivity index (χ4v) is 1.65. The molecule has 4 heteroatoms. The maximum absolute atomic E-state index is 6.07. The second-order valence-electron chi connectivity index (χ2n) is 3.28. The summed E-state index contributed by atoms with van der Waals surface area (Å²) < 4.78 is 1.67. The van der Waals surface area contributed by atoms with E-state index < -0.39 is 0 Å². The first kappa shape index (κ1) is 10.1. The van der Waals surface area contributed by atoms with E-state index in [0.717, 1.165) is 17.8 Å². The van der Waals surface area contributed by atoms with E-state index in [9.17, 15) is 0 Å². The Labute approximate surface area is 93.5 Å². The molecular weight excluding hydrogens is 210 g/mol. The molecule has 0 atom stereocenters. The summed E-state index contributed by atoms with van der Waals surface area (Å²) in [7, 11) is 0. The Kier molecular flexibility index (Phi) is 2.64. The van der Waals surface area contributed by atoms with Crippen molar-refractivity contribution in [1.82, 2.24) is 9.78 Å². The standard InChI is InChI=1S/C11H12ClN3/c1-2-8-7-11(13)15(14-8)10-6-4-3-5-9(10)12/h3-7H,2,13H2,1H3. The molecule has 1 aromatic carbocycles. The first-order chi connectivity index (χ1) is 7.22. The van der Waals surface area contributed by atoms with Crippen molar-refractivity contribution in [1.29, 1.82) is 0 Å². The van der Waals surface area contributed by atoms with Crippen LogP contribution in [0.5, 0.6) is 0 Å². The third kappa shape index (κ3) is 1.83. The fraction of sp³-hybridized carbons (Fsp3) is 0.182. The molecule has 0 unspecified atom stereocenters. The minimum absolute atomic E-state index is 0.611. The van der Waals surface area contributed by atoms with Crippen molar-refractivity contribution in [3.8, 4) is 5.69 Å². The molecule has 0 spiro atoms. The summed E-state index contributed by atoms with van der Waals surface area (Å²) in [5, 5.41) is 5.01. The fourth-order valence-electron chi connectivity index (χ4n) is 1.44. The summed E-state index contributed by atoms with van der Waals surface area (Å²) in [6.07, 6.45) is 0.863. The molecule has 1 aromatic heterocycles. The van der Waals surface area contributed by atoms with E-state index in [4.69, 9.17) is 17.3 Å². The van der Waals surface area contributed by atoms with Crippen molar-refractivity contribution in [3.63, 3.8) is 0 Å². The molecule has 0 aliphatic rings. The third-order valence-electron chi connectivity index (χ3n) is 2.23. The second-order valence-corrected chi connectivity index (χ2v) is 3.68. The zero-order valence-corrected chi connectivity index (χ0v) is 9.20. The van der Waals surface area contributed by atoms with Gasteiger partial charge < -0.3 is 5.73 Å². The molecule has 3 nitrogen and oxygen atoms in total. The number of anilines is 1. The number of nitrogens with two attached hydrogens (primary N) is 1. The van der Waals surface area contributed by atoms with Gasteiger partial charge in [-0.3, -0.25) is 0 Å². The average molecular weight is 222 g/mol. The van der Waals surface area contributed by atoms with Gasteiger partial charge in [-0.1, -0.05) is 30.7 Å². The van der Waals surface area contributed by atoms with Crippen molar-refractivity contribution >= 4 is 17.4 Å². The number of benzene rings is 1. The summed E-state index contributed by atoms with van der Waals surface area (Å²) >= 11 is 6.07. The van der Waals surface area contributed by atoms with Crippen LogP contribution in [0, 0.1) is 0 Å². The molecule has 2 aromatic rings. The molecule has 0 amide bonds. The van der Waals surface area contributed by atoms with Crippen LogP contribution in [0.1, 0.15) is 12.6 Å². The van der Waals surface area contributed by atoms with Crippen LogP contribution >= 0.6 is 11.6 Å². The molecule has 2 rings (SSSR count). The minimum Gasteiger partial charge on any atom is -0.384 e. The number of aromatic nitrogens is 2. The smallest absolute Gasteiger partial charge is 0.127 e. The first-order valence-corrected chi connectivity index (χ1v) is 5.19. The summed E-state index contributed by atoms with van der Waals surface area (Å²) in [5.74, 6) is 0.611. The van der Waals surface area contributed by atoms with Gasteiger partial charge in [0.25, 0.3) is 0 Å². The van der Waals surface area contributed by atoms with Crippen LogP contribution in [0.3, 0.4) is 0 Å². The lowest BCUT2D eigenvalue weighted by atomic mass is 10.3. The predicted molar refractivity (Wildman–Crippen MR) is 62.4 cm³/mol. The van der Waals surface area contributed by atoms with Crippen molar-refractivity contribution in [2.45, 2.75) is 13.3 Å². The number of hydrogen-bond acceptors (Lipinski definition) is 2. The van der Waals surface area contributed by atoms with Crippen LogP contribution in [0.15, 0.2) is 30.3 Å². The van der Waals surface area contributed by atoms with Crippen molar-refractivity contribution in [2.75, 3.05) is 5.73 Å². The monoisotopic (exact) mass is 221 g/mol. The van der Waals surface area contributed by atoms with E-state index in [0.29, 0.717) is 10.8 Å². The van der Waals surface area contributed by atoms with Gasteiger partial charge in [-0.25, -0.2) is 4.68 Å². The summed E-state index contributed by atoms with van der Waals surface area (Å²) in [6, 6.07) is 9.37. The lowest BCUT2D eigenvalue weighted by molar-refractivity contribution is 0.849. The number of rotatable bonds is 2. The normalized spacial score (nSPS) is 10.5. The Morgan fingerprint density at radius 3 is 2.73 bits per heavy atom. The molecule has 0 aliphatic carbocycles. The van der Waals surface area contributed by atoms with Crippen LogP contribution in [0.25, 0.3) is 5.69 Å². The molecule has 15 heavy (non-hydrogen) atoms. The molecule has 0 saturated carbocycles. The zero-order valence-electron chi connectivity index (χ0n) is 8.44. The molecule has 0 fully saturated rings. The number of hydrogen-bond donors (Lipinski definition) is 1. The van der Waals surface area contributed by atoms with E-state index in [-0.39, 0.29) is 0 Å². The number of nitrogens with zero attached hydrogens (tertiary/aromatic N) is 2. The maximum atomic E-state index is 6.07. The van der Waals surface area contributed by atoms with E-state index in [1.165, 1.54) is 0 Å². The zero-order chi connectivity index (χ0) is 10.8. The molecule has 78 valence electrons. The third-order valence-corrected chi connectivity index (χ3v) is 2.55. The molecule has 1 heterocycles. The lowest BCUT2D eigenvalue weighted by Gasteiger charge is -2.05. The summed E-state index contributed by atoms with van der Waals surface area (Å²) in [6.45, 7) is 2.04. The van der Waals surface area contributed by atoms with Crippen LogP contribution in [0.4, 0.5) is 5.82 Å². The molecule has 0 radical (unpaired) electrons. The second kappa shape index (κ2) is 3.95. The number of para-hydroxylation sites is 1. The van der Waals surface area contributed by atoms with E-state index in [1.54, 1.807) is 4.68 Å². The highest BCUT2D eigenvalue weighted by Gasteiger charge is 2.08. The summed E-state index contributed by atoms with van der Waals surface area (Å²) in [5.41, 5.74) is 7.64. The van der Waals surface area contributed by atoms with Crippen molar-refractivity contribution in [3.05, 3.63) is 41.0 Å². The van der Waals surface area contributed by atoms with Crippen molar-refractivity contribution < 1.29 is 0 Å². The SMILES string of the molecule is CCc1cc(N)n(-c2ccccc2Cl)n1. The van der Waals surface area contributed by atoms with Crippen LogP contribution in [0.2, 0.25) is 5.02 Å². The Bertz CT molecular complexity index is 476. The molecule has 0 bridgehead atoms. The quantitative estimate of drug-likeness (QED) is 0.848. The van der Waals surface area contributed by atoms with Gasteiger partial charge in [-0.2, -0.15) is 5.10 Å². The number of aryl methyl sites for hydroxylation is 1. The number of halogens is 1. The van der Waals surface area contributed by atoms with Crippen LogP contribution in [-0.4, -0.2) is 9.78 Å². The molecular formula is C11H12ClN3. The minimum atomic E-state index is 0.611. The average Bonchev–Trinajstić information content (AvgIpc) is 2.60. The first-order valence-electron chi connectivity index (χ1n) is 4.81. The van der Waals surface area contributed by atoms with Gasteiger partial charge in [0.05, 0.1) is 16.4 Å². The predicted octanol–water partition coefficient (Wildman–Crippen LogP) is 2.67. The topological polar surface area (TPSA) is 43.8 Å². The van der Waals surface area contributed by atoms with Crippen LogP contribution in [-0.2, 0) is 6.42 Å². The Balaban J connectivity index is 2.54. The van der Waals surface area contributed by atoms with Crippen molar-refractivity contribution in [2.24, 2.45) is 0 Å². The van der Waals surface area contributed by atoms with Gasteiger partial charge in [0.15, 0.2) is 0 Å². The van der Waals surface area contributed by atoms with E-state index in [1.807, 2.05) is 37.3 Å². The maximum Gasteiger partial charge on any atom is 0.127 e. The van der Waals surface area contributed by atoms with Gasteiger partial charge >= 0.3 is 0 Å². The van der Waals surface area contributed by atoms with Gasteiger partial charge in [0.1, 0.15) is 5.82 Å². The highest BCUT2D eigenvalue weighted by Crippen LogP contribution is 2.22. The Hall–Kier alpha value is -1.48. The highest BCUT2D eigenvalue weighted by molar-refractivity contribution is 6.32.